The largest absolute Gasteiger partial charge is 0.479 e. The van der Waals surface area contributed by atoms with Crippen LogP contribution in [0.25, 0.3) is 11.0 Å². The van der Waals surface area contributed by atoms with Crippen LogP contribution in [0.3, 0.4) is 0 Å². The third-order valence-electron chi connectivity index (χ3n) is 5.76. The van der Waals surface area contributed by atoms with Gasteiger partial charge < -0.3 is 15.0 Å². The Balaban J connectivity index is 1.71. The van der Waals surface area contributed by atoms with E-state index in [0.29, 0.717) is 47.1 Å². The second kappa shape index (κ2) is 9.05. The van der Waals surface area contributed by atoms with Gasteiger partial charge in [-0.1, -0.05) is 18.2 Å². The van der Waals surface area contributed by atoms with Crippen molar-refractivity contribution in [1.82, 2.24) is 15.0 Å². The number of nitrogens with one attached hydrogen (secondary N) is 1. The number of aromatic nitrogens is 3. The van der Waals surface area contributed by atoms with Gasteiger partial charge in [0, 0.05) is 24.2 Å². The van der Waals surface area contributed by atoms with Crippen LogP contribution < -0.4 is 15.0 Å². The summed E-state index contributed by atoms with van der Waals surface area (Å²) < 4.78 is 57.7. The molecule has 33 heavy (non-hydrogen) atoms. The van der Waals surface area contributed by atoms with Crippen LogP contribution in [0.4, 0.5) is 20.3 Å². The van der Waals surface area contributed by atoms with Gasteiger partial charge in [-0.3, -0.25) is 0 Å². The van der Waals surface area contributed by atoms with Gasteiger partial charge >= 0.3 is 0 Å². The van der Waals surface area contributed by atoms with Crippen molar-refractivity contribution in [3.63, 3.8) is 0 Å². The summed E-state index contributed by atoms with van der Waals surface area (Å²) in [6.45, 7) is 3.69. The van der Waals surface area contributed by atoms with Crippen LogP contribution in [-0.2, 0) is 9.84 Å². The summed E-state index contributed by atoms with van der Waals surface area (Å²) in [4.78, 5) is 14.9. The van der Waals surface area contributed by atoms with E-state index < -0.39 is 27.9 Å². The number of hydrogen-bond acceptors (Lipinski definition) is 8. The van der Waals surface area contributed by atoms with Crippen molar-refractivity contribution in [2.45, 2.75) is 26.1 Å². The molecule has 1 N–H and O–H groups in total. The Morgan fingerprint density at radius 2 is 1.85 bits per heavy atom. The summed E-state index contributed by atoms with van der Waals surface area (Å²) >= 11 is 0. The van der Waals surface area contributed by atoms with Crippen molar-refractivity contribution < 1.29 is 21.9 Å². The van der Waals surface area contributed by atoms with Crippen molar-refractivity contribution in [2.75, 3.05) is 41.9 Å². The number of ether oxygens (including phenoxy) is 1. The lowest BCUT2D eigenvalue weighted by molar-refractivity contribution is 0.360. The number of hydrogen-bond donors (Lipinski definition) is 1. The second-order valence-corrected chi connectivity index (χ2v) is 10.3. The number of methoxy groups -OCH3 is 1. The first-order chi connectivity index (χ1) is 15.7. The first-order valence-corrected chi connectivity index (χ1v) is 12.4. The number of fused-ring (bicyclic) bond motifs is 1. The summed E-state index contributed by atoms with van der Waals surface area (Å²) in [5.74, 6) is 0.247. The Labute approximate surface area is 190 Å². The number of rotatable bonds is 6. The normalized spacial score (nSPS) is 17.5. The maximum atomic E-state index is 14.9. The van der Waals surface area contributed by atoms with Crippen LogP contribution in [0.1, 0.15) is 37.2 Å². The van der Waals surface area contributed by atoms with Crippen LogP contribution in [0.2, 0.25) is 0 Å². The fraction of sp³-hybridized carbons (Fsp3) is 0.409. The monoisotopic (exact) mass is 477 g/mol. The molecule has 2 aromatic heterocycles. The zero-order valence-electron chi connectivity index (χ0n) is 18.5. The second-order valence-electron chi connectivity index (χ2n) is 7.98. The molecule has 0 aliphatic carbocycles. The molecule has 1 aromatic carbocycles. The number of pyridine rings is 1. The minimum absolute atomic E-state index is 0.00226. The molecule has 1 aliphatic heterocycles. The lowest BCUT2D eigenvalue weighted by Crippen LogP contribution is -2.40. The maximum absolute atomic E-state index is 14.9. The molecule has 8 nitrogen and oxygen atoms in total. The smallest absolute Gasteiger partial charge is 0.239 e. The Kier molecular flexibility index (Phi) is 6.33. The molecule has 1 fully saturated rings. The number of anilines is 2. The molecule has 0 spiro atoms. The fourth-order valence-electron chi connectivity index (χ4n) is 3.90. The topological polar surface area (TPSA) is 97.3 Å². The van der Waals surface area contributed by atoms with Crippen LogP contribution in [-0.4, -0.2) is 55.1 Å². The van der Waals surface area contributed by atoms with E-state index in [2.05, 4.69) is 20.3 Å². The summed E-state index contributed by atoms with van der Waals surface area (Å²) in [6, 6.07) is 5.92. The van der Waals surface area contributed by atoms with E-state index >= 15 is 0 Å². The van der Waals surface area contributed by atoms with E-state index in [-0.39, 0.29) is 17.1 Å². The molecule has 2 atom stereocenters. The molecular weight excluding hydrogens is 452 g/mol. The van der Waals surface area contributed by atoms with E-state index in [9.17, 15) is 17.2 Å². The minimum Gasteiger partial charge on any atom is -0.479 e. The van der Waals surface area contributed by atoms with Crippen molar-refractivity contribution >= 4 is 32.4 Å². The van der Waals surface area contributed by atoms with E-state index in [0.717, 1.165) is 0 Å². The van der Waals surface area contributed by atoms with E-state index in [1.165, 1.54) is 26.4 Å². The highest BCUT2D eigenvalue weighted by Crippen LogP contribution is 2.34. The van der Waals surface area contributed by atoms with Crippen LogP contribution in [0.5, 0.6) is 5.88 Å². The van der Waals surface area contributed by atoms with Crippen LogP contribution in [0.15, 0.2) is 30.6 Å². The lowest BCUT2D eigenvalue weighted by Gasteiger charge is -2.29. The van der Waals surface area contributed by atoms with Gasteiger partial charge in [-0.05, 0) is 19.9 Å². The first-order valence-electron chi connectivity index (χ1n) is 10.5. The third-order valence-corrected chi connectivity index (χ3v) is 7.36. The van der Waals surface area contributed by atoms with Gasteiger partial charge in [0.05, 0.1) is 30.0 Å². The molecular formula is C22H25F2N5O3S. The number of alkyl halides is 1. The maximum Gasteiger partial charge on any atom is 0.239 e. The highest BCUT2D eigenvalue weighted by molar-refractivity contribution is 7.91. The molecule has 0 radical (unpaired) electrons. The number of sulfone groups is 1. The van der Waals surface area contributed by atoms with Crippen LogP contribution >= 0.6 is 0 Å². The summed E-state index contributed by atoms with van der Waals surface area (Å²) in [5, 5.41) is 3.75. The Hall–Kier alpha value is -3.08. The molecule has 3 aromatic rings. The van der Waals surface area contributed by atoms with Crippen molar-refractivity contribution in [3.8, 4) is 5.88 Å². The molecule has 3 heterocycles. The van der Waals surface area contributed by atoms with Gasteiger partial charge in [0.25, 0.3) is 0 Å². The molecule has 0 saturated carbocycles. The first kappa shape index (κ1) is 23.1. The summed E-state index contributed by atoms with van der Waals surface area (Å²) in [6.07, 6.45) is -0.0856. The molecule has 1 aliphatic rings. The quantitative estimate of drug-likeness (QED) is 0.575. The summed E-state index contributed by atoms with van der Waals surface area (Å²) in [5.41, 5.74) is 1.32. The van der Waals surface area contributed by atoms with Crippen molar-refractivity contribution in [3.05, 3.63) is 47.5 Å². The highest BCUT2D eigenvalue weighted by atomic mass is 32.2. The third kappa shape index (κ3) is 4.68. The predicted molar refractivity (Wildman–Crippen MR) is 123 cm³/mol. The van der Waals surface area contributed by atoms with Crippen LogP contribution in [0, 0.1) is 5.82 Å². The number of halogens is 2. The molecule has 176 valence electrons. The standard InChI is InChI=1S/C22H25F2N5O3S/c1-13(23)15-5-4-6-16(19(15)24)14(2)27-20-17-11-18(29-7-9-33(30,31)10-8-29)22(32-3)28-21(17)26-12-25-20/h4-6,11-14H,7-10H2,1-3H3,(H,25,26,27,28)/t13?,14-/m1/s1. The van der Waals surface area contributed by atoms with Crippen molar-refractivity contribution in [2.24, 2.45) is 0 Å². The average molecular weight is 478 g/mol. The molecule has 11 heteroatoms. The molecule has 0 bridgehead atoms. The molecule has 4 rings (SSSR count). The molecule has 0 amide bonds. The average Bonchev–Trinajstić information content (AvgIpc) is 2.78. The summed E-state index contributed by atoms with van der Waals surface area (Å²) in [7, 11) is -1.57. The predicted octanol–water partition coefficient (Wildman–Crippen LogP) is 3.61. The fourth-order valence-corrected chi connectivity index (χ4v) is 5.10. The Bertz CT molecular complexity index is 1270. The van der Waals surface area contributed by atoms with Gasteiger partial charge in [0.2, 0.25) is 5.88 Å². The molecule has 1 unspecified atom stereocenters. The number of benzene rings is 1. The van der Waals surface area contributed by atoms with E-state index in [4.69, 9.17) is 4.74 Å². The highest BCUT2D eigenvalue weighted by Gasteiger charge is 2.26. The van der Waals surface area contributed by atoms with Crippen molar-refractivity contribution in [1.29, 1.82) is 0 Å². The zero-order valence-corrected chi connectivity index (χ0v) is 19.4. The number of nitrogens with zero attached hydrogens (tertiary/aromatic N) is 4. The SMILES string of the molecule is COc1nc2ncnc(N[C@H](C)c3cccc(C(C)F)c3F)c2cc1N1CCS(=O)(=O)CC1. The van der Waals surface area contributed by atoms with Gasteiger partial charge in [-0.25, -0.2) is 27.2 Å². The van der Waals surface area contributed by atoms with E-state index in [1.54, 1.807) is 25.1 Å². The van der Waals surface area contributed by atoms with Gasteiger partial charge in [0.15, 0.2) is 15.5 Å². The van der Waals surface area contributed by atoms with Gasteiger partial charge in [-0.15, -0.1) is 0 Å². The minimum atomic E-state index is -3.06. The van der Waals surface area contributed by atoms with Gasteiger partial charge in [-0.2, -0.15) is 4.98 Å². The Morgan fingerprint density at radius 3 is 2.52 bits per heavy atom. The zero-order chi connectivity index (χ0) is 23.8. The lowest BCUT2D eigenvalue weighted by atomic mass is 10.0. The Morgan fingerprint density at radius 1 is 1.15 bits per heavy atom. The molecule has 1 saturated heterocycles. The van der Waals surface area contributed by atoms with E-state index in [1.807, 2.05) is 4.90 Å². The van der Waals surface area contributed by atoms with Gasteiger partial charge in [0.1, 0.15) is 29.8 Å².